The molecule has 2 nitrogen and oxygen atoms in total. The van der Waals surface area contributed by atoms with Gasteiger partial charge in [-0.2, -0.15) is 0 Å². The van der Waals surface area contributed by atoms with E-state index in [1.54, 1.807) is 0 Å². The van der Waals surface area contributed by atoms with Gasteiger partial charge in [0, 0.05) is 6.54 Å². The summed E-state index contributed by atoms with van der Waals surface area (Å²) >= 11 is 0. The van der Waals surface area contributed by atoms with Crippen LogP contribution in [0.3, 0.4) is 0 Å². The number of carbonyl (C=O) groups excluding carboxylic acids is 1. The second-order valence-corrected chi connectivity index (χ2v) is 3.23. The second-order valence-electron chi connectivity index (χ2n) is 3.23. The fourth-order valence-electron chi connectivity index (χ4n) is 1.52. The van der Waals surface area contributed by atoms with Crippen LogP contribution in [0.4, 0.5) is 0 Å². The fraction of sp³-hybridized carbons (Fsp3) is 0.417. The molecule has 14 heavy (non-hydrogen) atoms. The molecule has 2 heteroatoms. The third-order valence-electron chi connectivity index (χ3n) is 2.19. The van der Waals surface area contributed by atoms with Crippen LogP contribution in [0, 0.1) is 6.92 Å². The number of hydrogen-bond acceptors (Lipinski definition) is 1. The minimum atomic E-state index is 0.133. The van der Waals surface area contributed by atoms with E-state index < -0.39 is 0 Å². The van der Waals surface area contributed by atoms with Crippen molar-refractivity contribution in [2.45, 2.75) is 33.7 Å². The van der Waals surface area contributed by atoms with Crippen molar-refractivity contribution in [1.29, 1.82) is 0 Å². The van der Waals surface area contributed by atoms with Gasteiger partial charge in [0.15, 0.2) is 0 Å². The molecule has 1 aromatic carbocycles. The van der Waals surface area contributed by atoms with Gasteiger partial charge in [0.05, 0.1) is 6.42 Å². The van der Waals surface area contributed by atoms with Crippen LogP contribution in [0.2, 0.25) is 0 Å². The Bertz CT molecular complexity index is 331. The molecular formula is C12H17NO. The number of benzene rings is 1. The Kier molecular flexibility index (Phi) is 3.69. The summed E-state index contributed by atoms with van der Waals surface area (Å²) < 4.78 is 0. The molecule has 0 aliphatic carbocycles. The van der Waals surface area contributed by atoms with E-state index in [2.05, 4.69) is 23.5 Å². The SMILES string of the molecule is CC.Cc1ccc2c(c1)CC(=O)NC2. The summed E-state index contributed by atoms with van der Waals surface area (Å²) in [7, 11) is 0. The summed E-state index contributed by atoms with van der Waals surface area (Å²) in [5, 5.41) is 2.82. The monoisotopic (exact) mass is 191 g/mol. The number of amides is 1. The Morgan fingerprint density at radius 1 is 1.21 bits per heavy atom. The molecule has 0 bridgehead atoms. The van der Waals surface area contributed by atoms with Gasteiger partial charge >= 0.3 is 0 Å². The van der Waals surface area contributed by atoms with Gasteiger partial charge in [0.2, 0.25) is 5.91 Å². The predicted octanol–water partition coefficient (Wildman–Crippen LogP) is 2.19. The Labute approximate surface area is 85.3 Å². The molecule has 0 atom stereocenters. The normalized spacial score (nSPS) is 13.5. The van der Waals surface area contributed by atoms with Gasteiger partial charge in [-0.25, -0.2) is 0 Å². The summed E-state index contributed by atoms with van der Waals surface area (Å²) in [4.78, 5) is 11.0. The first kappa shape index (κ1) is 10.8. The minimum Gasteiger partial charge on any atom is -0.352 e. The lowest BCUT2D eigenvalue weighted by Gasteiger charge is -2.16. The molecule has 1 aromatic rings. The first-order valence-electron chi connectivity index (χ1n) is 5.11. The summed E-state index contributed by atoms with van der Waals surface area (Å²) in [5.41, 5.74) is 3.66. The number of fused-ring (bicyclic) bond motifs is 1. The maximum Gasteiger partial charge on any atom is 0.224 e. The van der Waals surface area contributed by atoms with Gasteiger partial charge in [0.1, 0.15) is 0 Å². The number of nitrogens with one attached hydrogen (secondary N) is 1. The zero-order valence-electron chi connectivity index (χ0n) is 9.05. The van der Waals surface area contributed by atoms with Crippen LogP contribution in [-0.2, 0) is 17.8 Å². The third-order valence-corrected chi connectivity index (χ3v) is 2.19. The zero-order chi connectivity index (χ0) is 10.6. The van der Waals surface area contributed by atoms with Gasteiger partial charge in [-0.15, -0.1) is 0 Å². The minimum absolute atomic E-state index is 0.133. The Morgan fingerprint density at radius 2 is 1.93 bits per heavy atom. The zero-order valence-corrected chi connectivity index (χ0v) is 9.05. The van der Waals surface area contributed by atoms with E-state index in [-0.39, 0.29) is 5.91 Å². The Hall–Kier alpha value is -1.31. The number of carbonyl (C=O) groups is 1. The molecule has 0 unspecified atom stereocenters. The van der Waals surface area contributed by atoms with Gasteiger partial charge in [-0.3, -0.25) is 4.79 Å². The van der Waals surface area contributed by atoms with Gasteiger partial charge in [-0.05, 0) is 18.1 Å². The van der Waals surface area contributed by atoms with Crippen LogP contribution < -0.4 is 5.32 Å². The van der Waals surface area contributed by atoms with Crippen LogP contribution in [-0.4, -0.2) is 5.91 Å². The molecule has 76 valence electrons. The first-order valence-corrected chi connectivity index (χ1v) is 5.11. The molecule has 0 spiro atoms. The molecule has 0 radical (unpaired) electrons. The number of rotatable bonds is 0. The predicted molar refractivity (Wildman–Crippen MR) is 58.1 cm³/mol. The Balaban J connectivity index is 0.000000461. The van der Waals surface area contributed by atoms with E-state index in [1.807, 2.05) is 20.8 Å². The van der Waals surface area contributed by atoms with Crippen LogP contribution in [0.5, 0.6) is 0 Å². The van der Waals surface area contributed by atoms with Gasteiger partial charge in [-0.1, -0.05) is 37.6 Å². The topological polar surface area (TPSA) is 29.1 Å². The molecule has 0 aromatic heterocycles. The lowest BCUT2D eigenvalue weighted by Crippen LogP contribution is -2.30. The molecule has 1 heterocycles. The molecule has 1 aliphatic heterocycles. The number of hydrogen-bond donors (Lipinski definition) is 1. The van der Waals surface area contributed by atoms with Crippen molar-refractivity contribution in [3.63, 3.8) is 0 Å². The van der Waals surface area contributed by atoms with E-state index in [4.69, 9.17) is 0 Å². The standard InChI is InChI=1S/C10H11NO.C2H6/c1-7-2-3-8-6-11-10(12)5-9(8)4-7;1-2/h2-4H,5-6H2,1H3,(H,11,12);1-2H3. The van der Waals surface area contributed by atoms with Gasteiger partial charge in [0.25, 0.3) is 0 Å². The summed E-state index contributed by atoms with van der Waals surface area (Å²) in [6.07, 6.45) is 0.539. The lowest BCUT2D eigenvalue weighted by molar-refractivity contribution is -0.121. The largest absolute Gasteiger partial charge is 0.352 e. The maximum atomic E-state index is 11.0. The van der Waals surface area contributed by atoms with Gasteiger partial charge < -0.3 is 5.32 Å². The highest BCUT2D eigenvalue weighted by Crippen LogP contribution is 2.15. The van der Waals surface area contributed by atoms with Crippen molar-refractivity contribution in [2.24, 2.45) is 0 Å². The maximum absolute atomic E-state index is 11.0. The van der Waals surface area contributed by atoms with E-state index in [0.29, 0.717) is 13.0 Å². The van der Waals surface area contributed by atoms with Crippen LogP contribution in [0.25, 0.3) is 0 Å². The Morgan fingerprint density at radius 3 is 2.64 bits per heavy atom. The highest BCUT2D eigenvalue weighted by molar-refractivity contribution is 5.80. The summed E-state index contributed by atoms with van der Waals surface area (Å²) in [6, 6.07) is 6.26. The van der Waals surface area contributed by atoms with Crippen molar-refractivity contribution in [1.82, 2.24) is 5.32 Å². The van der Waals surface area contributed by atoms with E-state index in [0.717, 1.165) is 0 Å². The first-order chi connectivity index (χ1) is 6.75. The molecular weight excluding hydrogens is 174 g/mol. The van der Waals surface area contributed by atoms with Crippen molar-refractivity contribution in [3.05, 3.63) is 34.9 Å². The van der Waals surface area contributed by atoms with E-state index >= 15 is 0 Å². The average Bonchev–Trinajstić information content (AvgIpc) is 2.20. The quantitative estimate of drug-likeness (QED) is 0.669. The molecule has 1 amide bonds. The second kappa shape index (κ2) is 4.80. The number of aryl methyl sites for hydroxylation is 1. The molecule has 1 N–H and O–H groups in total. The smallest absolute Gasteiger partial charge is 0.224 e. The summed E-state index contributed by atoms with van der Waals surface area (Å²) in [5.74, 6) is 0.133. The fourth-order valence-corrected chi connectivity index (χ4v) is 1.52. The van der Waals surface area contributed by atoms with Crippen molar-refractivity contribution >= 4 is 5.91 Å². The van der Waals surface area contributed by atoms with Crippen LogP contribution in [0.1, 0.15) is 30.5 Å². The van der Waals surface area contributed by atoms with Crippen molar-refractivity contribution < 1.29 is 4.79 Å². The molecule has 1 aliphatic rings. The van der Waals surface area contributed by atoms with Crippen molar-refractivity contribution in [3.8, 4) is 0 Å². The highest BCUT2D eigenvalue weighted by atomic mass is 16.1. The summed E-state index contributed by atoms with van der Waals surface area (Å²) in [6.45, 7) is 6.74. The average molecular weight is 191 g/mol. The molecule has 2 rings (SSSR count). The van der Waals surface area contributed by atoms with Crippen molar-refractivity contribution in [2.75, 3.05) is 0 Å². The van der Waals surface area contributed by atoms with Crippen LogP contribution >= 0.6 is 0 Å². The molecule has 0 saturated carbocycles. The molecule has 0 saturated heterocycles. The third kappa shape index (κ3) is 2.34. The molecule has 0 fully saturated rings. The van der Waals surface area contributed by atoms with E-state index in [9.17, 15) is 4.79 Å². The van der Waals surface area contributed by atoms with Crippen LogP contribution in [0.15, 0.2) is 18.2 Å². The lowest BCUT2D eigenvalue weighted by atomic mass is 9.99. The highest BCUT2D eigenvalue weighted by Gasteiger charge is 2.13. The van der Waals surface area contributed by atoms with E-state index in [1.165, 1.54) is 16.7 Å².